The fraction of sp³-hybridized carbons (Fsp3) is 0.714. The van der Waals surface area contributed by atoms with Crippen LogP contribution in [0.15, 0.2) is 0 Å². The van der Waals surface area contributed by atoms with Crippen LogP contribution in [0.5, 0.6) is 0 Å². The molecule has 138 valence electrons. The van der Waals surface area contributed by atoms with Gasteiger partial charge in [0.05, 0.1) is 0 Å². The van der Waals surface area contributed by atoms with E-state index in [2.05, 4.69) is 10.6 Å². The summed E-state index contributed by atoms with van der Waals surface area (Å²) in [6, 6.07) is -3.49. The third kappa shape index (κ3) is 10.4. The quantitative estimate of drug-likeness (QED) is 0.304. The molecule has 10 nitrogen and oxygen atoms in total. The molecule has 0 unspecified atom stereocenters. The lowest BCUT2D eigenvalue weighted by Gasteiger charge is -2.18. The summed E-state index contributed by atoms with van der Waals surface area (Å²) in [5.74, 6) is -3.79. The molecule has 5 N–H and O–H groups in total. The van der Waals surface area contributed by atoms with Crippen molar-refractivity contribution in [1.82, 2.24) is 15.5 Å². The van der Waals surface area contributed by atoms with E-state index >= 15 is 0 Å². The molecule has 0 bridgehead atoms. The van der Waals surface area contributed by atoms with Gasteiger partial charge in [0.2, 0.25) is 0 Å². The number of carbonyl (C=O) groups is 4. The molecule has 0 spiro atoms. The minimum Gasteiger partial charge on any atom is -0.481 e. The molecule has 2 amide bonds. The van der Waals surface area contributed by atoms with Gasteiger partial charge in [-0.15, -0.1) is 0 Å². The van der Waals surface area contributed by atoms with Gasteiger partial charge in [0, 0.05) is 6.42 Å². The van der Waals surface area contributed by atoms with Crippen LogP contribution in [0.2, 0.25) is 0 Å². The molecule has 0 aromatic heterocycles. The third-order valence-corrected chi connectivity index (χ3v) is 3.20. The van der Waals surface area contributed by atoms with Crippen LogP contribution in [0.25, 0.3) is 0 Å². The third-order valence-electron chi connectivity index (χ3n) is 3.20. The van der Waals surface area contributed by atoms with Gasteiger partial charge < -0.3 is 30.9 Å². The average Bonchev–Trinajstić information content (AvgIpc) is 2.45. The number of amides is 2. The summed E-state index contributed by atoms with van der Waals surface area (Å²) < 4.78 is 0. The van der Waals surface area contributed by atoms with Crippen LogP contribution >= 0.6 is 0 Å². The van der Waals surface area contributed by atoms with Crippen molar-refractivity contribution < 1.29 is 34.5 Å². The SMILES string of the molecule is CN(C)CCCC[C@H](NC(=O)N[C@@H](CCC(=O)O)C(=O)O)C(=O)O. The number of unbranched alkanes of at least 4 members (excludes halogenated alkanes) is 1. The summed E-state index contributed by atoms with van der Waals surface area (Å²) in [6.45, 7) is 0.787. The second-order valence-corrected chi connectivity index (χ2v) is 5.63. The Bertz CT molecular complexity index is 454. The number of nitrogens with one attached hydrogen (secondary N) is 2. The number of carboxylic acid groups (broad SMARTS) is 3. The van der Waals surface area contributed by atoms with Gasteiger partial charge in [0.1, 0.15) is 12.1 Å². The molecule has 0 heterocycles. The van der Waals surface area contributed by atoms with Gasteiger partial charge in [-0.05, 0) is 46.3 Å². The van der Waals surface area contributed by atoms with Crippen LogP contribution in [0, 0.1) is 0 Å². The summed E-state index contributed by atoms with van der Waals surface area (Å²) in [5, 5.41) is 30.9. The second kappa shape index (κ2) is 11.2. The van der Waals surface area contributed by atoms with E-state index in [0.29, 0.717) is 6.42 Å². The lowest BCUT2D eigenvalue weighted by atomic mass is 10.1. The van der Waals surface area contributed by atoms with E-state index in [1.165, 1.54) is 0 Å². The van der Waals surface area contributed by atoms with Crippen LogP contribution in [0.4, 0.5) is 4.79 Å². The maximum absolute atomic E-state index is 11.8. The zero-order valence-electron chi connectivity index (χ0n) is 13.8. The van der Waals surface area contributed by atoms with Crippen LogP contribution in [0.3, 0.4) is 0 Å². The number of urea groups is 1. The van der Waals surface area contributed by atoms with Crippen molar-refractivity contribution in [3.63, 3.8) is 0 Å². The van der Waals surface area contributed by atoms with E-state index in [1.807, 2.05) is 19.0 Å². The summed E-state index contributed by atoms with van der Waals surface area (Å²) in [7, 11) is 3.78. The molecule has 2 atom stereocenters. The smallest absolute Gasteiger partial charge is 0.326 e. The Kier molecular flexibility index (Phi) is 10.1. The van der Waals surface area contributed by atoms with E-state index < -0.39 is 42.4 Å². The van der Waals surface area contributed by atoms with Crippen molar-refractivity contribution in [3.05, 3.63) is 0 Å². The zero-order chi connectivity index (χ0) is 18.7. The minimum absolute atomic E-state index is 0.212. The molecule has 0 fully saturated rings. The van der Waals surface area contributed by atoms with Gasteiger partial charge in [0.15, 0.2) is 0 Å². The maximum Gasteiger partial charge on any atom is 0.326 e. The number of nitrogens with zero attached hydrogens (tertiary/aromatic N) is 1. The zero-order valence-corrected chi connectivity index (χ0v) is 13.8. The van der Waals surface area contributed by atoms with Crippen molar-refractivity contribution >= 4 is 23.9 Å². The molecule has 10 heteroatoms. The average molecular weight is 347 g/mol. The molecular formula is C14H25N3O7. The van der Waals surface area contributed by atoms with Crippen molar-refractivity contribution in [2.24, 2.45) is 0 Å². The first-order chi connectivity index (χ1) is 11.1. The van der Waals surface area contributed by atoms with Crippen LogP contribution in [-0.4, -0.2) is 76.9 Å². The highest BCUT2D eigenvalue weighted by Gasteiger charge is 2.24. The normalized spacial score (nSPS) is 13.1. The van der Waals surface area contributed by atoms with Gasteiger partial charge in [-0.3, -0.25) is 4.79 Å². The number of carbonyl (C=O) groups excluding carboxylic acids is 1. The summed E-state index contributed by atoms with van der Waals surface area (Å²) in [6.07, 6.45) is 0.833. The Morgan fingerprint density at radius 1 is 0.875 bits per heavy atom. The van der Waals surface area contributed by atoms with E-state index in [-0.39, 0.29) is 12.8 Å². The molecule has 24 heavy (non-hydrogen) atoms. The predicted molar refractivity (Wildman–Crippen MR) is 83.8 cm³/mol. The van der Waals surface area contributed by atoms with Crippen LogP contribution < -0.4 is 10.6 Å². The van der Waals surface area contributed by atoms with Crippen molar-refractivity contribution in [1.29, 1.82) is 0 Å². The van der Waals surface area contributed by atoms with Gasteiger partial charge >= 0.3 is 23.9 Å². The van der Waals surface area contributed by atoms with E-state index in [0.717, 1.165) is 13.0 Å². The van der Waals surface area contributed by atoms with Crippen molar-refractivity contribution in [2.75, 3.05) is 20.6 Å². The number of carboxylic acids is 3. The van der Waals surface area contributed by atoms with E-state index in [9.17, 15) is 19.2 Å². The molecular weight excluding hydrogens is 322 g/mol. The topological polar surface area (TPSA) is 156 Å². The van der Waals surface area contributed by atoms with Crippen LogP contribution in [-0.2, 0) is 14.4 Å². The van der Waals surface area contributed by atoms with Crippen molar-refractivity contribution in [2.45, 2.75) is 44.2 Å². The van der Waals surface area contributed by atoms with Gasteiger partial charge in [-0.2, -0.15) is 0 Å². The highest BCUT2D eigenvalue weighted by molar-refractivity contribution is 5.86. The fourth-order valence-corrected chi connectivity index (χ4v) is 1.92. The molecule has 0 radical (unpaired) electrons. The first-order valence-electron chi connectivity index (χ1n) is 7.52. The highest BCUT2D eigenvalue weighted by Crippen LogP contribution is 2.03. The molecule has 0 aliphatic heterocycles. The molecule has 0 aliphatic rings. The molecule has 0 rings (SSSR count). The van der Waals surface area contributed by atoms with Gasteiger partial charge in [0.25, 0.3) is 0 Å². The van der Waals surface area contributed by atoms with Crippen LogP contribution in [0.1, 0.15) is 32.1 Å². The fourth-order valence-electron chi connectivity index (χ4n) is 1.92. The molecule has 0 aliphatic carbocycles. The monoisotopic (exact) mass is 347 g/mol. The first-order valence-corrected chi connectivity index (χ1v) is 7.52. The molecule has 0 saturated carbocycles. The highest BCUT2D eigenvalue weighted by atomic mass is 16.4. The molecule has 0 aromatic carbocycles. The summed E-state index contributed by atoms with van der Waals surface area (Å²) >= 11 is 0. The first kappa shape index (κ1) is 21.6. The van der Waals surface area contributed by atoms with E-state index in [1.54, 1.807) is 0 Å². The van der Waals surface area contributed by atoms with Gasteiger partial charge in [-0.25, -0.2) is 14.4 Å². The second-order valence-electron chi connectivity index (χ2n) is 5.63. The number of rotatable bonds is 12. The van der Waals surface area contributed by atoms with Gasteiger partial charge in [-0.1, -0.05) is 0 Å². The lowest BCUT2D eigenvalue weighted by molar-refractivity contribution is -0.140. The molecule has 0 aromatic rings. The Morgan fingerprint density at radius 3 is 1.79 bits per heavy atom. The number of hydrogen-bond donors (Lipinski definition) is 5. The van der Waals surface area contributed by atoms with Crippen molar-refractivity contribution in [3.8, 4) is 0 Å². The maximum atomic E-state index is 11.8. The lowest BCUT2D eigenvalue weighted by Crippen LogP contribution is -2.51. The Balaban J connectivity index is 4.45. The Labute approximate surface area is 139 Å². The number of aliphatic carboxylic acids is 3. The Hall–Kier alpha value is -2.36. The molecule has 0 saturated heterocycles. The number of hydrogen-bond acceptors (Lipinski definition) is 5. The largest absolute Gasteiger partial charge is 0.481 e. The van der Waals surface area contributed by atoms with E-state index in [4.69, 9.17) is 15.3 Å². The standard InChI is InChI=1S/C14H25N3O7/c1-17(2)8-4-3-5-9(12(20)21)15-14(24)16-10(13(22)23)6-7-11(18)19/h9-10H,3-8H2,1-2H3,(H,18,19)(H,20,21)(H,22,23)(H2,15,16,24)/t9-,10-/m0/s1. The Morgan fingerprint density at radius 2 is 1.38 bits per heavy atom. The minimum atomic E-state index is -1.40. The predicted octanol–water partition coefficient (Wildman–Crippen LogP) is -0.211. The summed E-state index contributed by atoms with van der Waals surface area (Å²) in [4.78, 5) is 46.3. The summed E-state index contributed by atoms with van der Waals surface area (Å²) in [5.41, 5.74) is 0.